The molecular weight excluding hydrogens is 190 g/mol. The molecule has 0 saturated heterocycles. The highest BCUT2D eigenvalue weighted by molar-refractivity contribution is 5.40. The van der Waals surface area contributed by atoms with Crippen LogP contribution >= 0.6 is 0 Å². The van der Waals surface area contributed by atoms with Gasteiger partial charge in [-0.05, 0) is 19.9 Å². The molecule has 5 nitrogen and oxygen atoms in total. The van der Waals surface area contributed by atoms with E-state index in [1.165, 1.54) is 6.33 Å². The molecule has 0 bridgehead atoms. The maximum Gasteiger partial charge on any atom is 0.159 e. The van der Waals surface area contributed by atoms with Crippen molar-refractivity contribution in [3.63, 3.8) is 0 Å². The van der Waals surface area contributed by atoms with Gasteiger partial charge in [0.15, 0.2) is 5.82 Å². The Kier molecular flexibility index (Phi) is 2.37. The number of nitrogens with zero attached hydrogens (tertiary/aromatic N) is 4. The van der Waals surface area contributed by atoms with Gasteiger partial charge in [-0.1, -0.05) is 0 Å². The SMILES string of the molecule is CNc1cc(-n2nc(C)cc2C)ncn1. The molecule has 1 N–H and O–H groups in total. The van der Waals surface area contributed by atoms with Crippen LogP contribution in [0.2, 0.25) is 0 Å². The third kappa shape index (κ3) is 1.81. The standard InChI is InChI=1S/C10H13N5/c1-7-4-8(2)15(14-7)10-5-9(11-3)12-6-13-10/h4-6H,1-3H3,(H,11,12,13). The molecule has 78 valence electrons. The van der Waals surface area contributed by atoms with Crippen molar-refractivity contribution in [1.29, 1.82) is 0 Å². The molecular formula is C10H13N5. The Balaban J connectivity index is 2.49. The predicted octanol–water partition coefficient (Wildman–Crippen LogP) is 1.32. The first-order valence-electron chi connectivity index (χ1n) is 4.74. The van der Waals surface area contributed by atoms with E-state index in [0.717, 1.165) is 23.0 Å². The summed E-state index contributed by atoms with van der Waals surface area (Å²) in [6, 6.07) is 3.88. The molecule has 0 unspecified atom stereocenters. The lowest BCUT2D eigenvalue weighted by Crippen LogP contribution is -2.03. The number of aromatic nitrogens is 4. The quantitative estimate of drug-likeness (QED) is 0.799. The van der Waals surface area contributed by atoms with Gasteiger partial charge in [0.2, 0.25) is 0 Å². The van der Waals surface area contributed by atoms with E-state index in [1.807, 2.05) is 33.0 Å². The van der Waals surface area contributed by atoms with Gasteiger partial charge in [0.25, 0.3) is 0 Å². The van der Waals surface area contributed by atoms with Gasteiger partial charge in [0, 0.05) is 18.8 Å². The Morgan fingerprint density at radius 2 is 2.00 bits per heavy atom. The molecule has 5 heteroatoms. The summed E-state index contributed by atoms with van der Waals surface area (Å²) in [7, 11) is 1.83. The molecule has 15 heavy (non-hydrogen) atoms. The maximum atomic E-state index is 4.35. The second-order valence-electron chi connectivity index (χ2n) is 3.35. The summed E-state index contributed by atoms with van der Waals surface area (Å²) in [5.41, 5.74) is 2.05. The third-order valence-electron chi connectivity index (χ3n) is 2.14. The molecule has 0 saturated carbocycles. The first-order valence-corrected chi connectivity index (χ1v) is 4.74. The molecule has 2 aromatic rings. The Morgan fingerprint density at radius 1 is 1.20 bits per heavy atom. The van der Waals surface area contributed by atoms with Crippen LogP contribution in [0.25, 0.3) is 5.82 Å². The van der Waals surface area contributed by atoms with Crippen molar-refractivity contribution >= 4 is 5.82 Å². The summed E-state index contributed by atoms with van der Waals surface area (Å²) in [6.07, 6.45) is 1.53. The summed E-state index contributed by atoms with van der Waals surface area (Å²) >= 11 is 0. The Hall–Kier alpha value is -1.91. The molecule has 0 aliphatic rings. The lowest BCUT2D eigenvalue weighted by molar-refractivity contribution is 0.801. The summed E-state index contributed by atoms with van der Waals surface area (Å²) in [5.74, 6) is 1.56. The Labute approximate surface area is 88.2 Å². The Morgan fingerprint density at radius 3 is 2.60 bits per heavy atom. The lowest BCUT2D eigenvalue weighted by Gasteiger charge is -2.04. The fraction of sp³-hybridized carbons (Fsp3) is 0.300. The lowest BCUT2D eigenvalue weighted by atomic mass is 10.4. The molecule has 0 radical (unpaired) electrons. The second kappa shape index (κ2) is 3.68. The minimum absolute atomic E-state index is 0.778. The molecule has 2 aromatic heterocycles. The maximum absolute atomic E-state index is 4.35. The van der Waals surface area contributed by atoms with E-state index in [4.69, 9.17) is 0 Å². The van der Waals surface area contributed by atoms with Crippen LogP contribution in [-0.2, 0) is 0 Å². The van der Waals surface area contributed by atoms with Gasteiger partial charge < -0.3 is 5.32 Å². The van der Waals surface area contributed by atoms with Gasteiger partial charge in [0.1, 0.15) is 12.1 Å². The smallest absolute Gasteiger partial charge is 0.159 e. The van der Waals surface area contributed by atoms with Gasteiger partial charge in [-0.2, -0.15) is 5.10 Å². The highest BCUT2D eigenvalue weighted by Gasteiger charge is 2.05. The molecule has 0 fully saturated rings. The number of aryl methyl sites for hydroxylation is 2. The number of hydrogen-bond donors (Lipinski definition) is 1. The van der Waals surface area contributed by atoms with Crippen LogP contribution in [0.5, 0.6) is 0 Å². The topological polar surface area (TPSA) is 55.6 Å². The van der Waals surface area contributed by atoms with Crippen LogP contribution in [0.3, 0.4) is 0 Å². The first-order chi connectivity index (χ1) is 7.20. The van der Waals surface area contributed by atoms with E-state index in [9.17, 15) is 0 Å². The van der Waals surface area contributed by atoms with E-state index >= 15 is 0 Å². The van der Waals surface area contributed by atoms with E-state index in [-0.39, 0.29) is 0 Å². The summed E-state index contributed by atoms with van der Waals surface area (Å²) in [4.78, 5) is 8.24. The highest BCUT2D eigenvalue weighted by atomic mass is 15.3. The fourth-order valence-electron chi connectivity index (χ4n) is 1.46. The average molecular weight is 203 g/mol. The van der Waals surface area contributed by atoms with Crippen LogP contribution in [0.1, 0.15) is 11.4 Å². The van der Waals surface area contributed by atoms with Gasteiger partial charge in [-0.15, -0.1) is 0 Å². The zero-order valence-corrected chi connectivity index (χ0v) is 9.02. The minimum atomic E-state index is 0.778. The van der Waals surface area contributed by atoms with Crippen LogP contribution in [-0.4, -0.2) is 26.8 Å². The van der Waals surface area contributed by atoms with Crippen molar-refractivity contribution in [1.82, 2.24) is 19.7 Å². The number of hydrogen-bond acceptors (Lipinski definition) is 4. The van der Waals surface area contributed by atoms with E-state index in [1.54, 1.807) is 4.68 Å². The average Bonchev–Trinajstić information content (AvgIpc) is 2.58. The van der Waals surface area contributed by atoms with Crippen molar-refractivity contribution in [2.45, 2.75) is 13.8 Å². The largest absolute Gasteiger partial charge is 0.373 e. The number of anilines is 1. The molecule has 0 aliphatic carbocycles. The first kappa shape index (κ1) is 9.64. The molecule has 2 rings (SSSR count). The van der Waals surface area contributed by atoms with Crippen molar-refractivity contribution in [2.75, 3.05) is 12.4 Å². The number of nitrogens with one attached hydrogen (secondary N) is 1. The van der Waals surface area contributed by atoms with Crippen LogP contribution in [0, 0.1) is 13.8 Å². The van der Waals surface area contributed by atoms with E-state index in [2.05, 4.69) is 20.4 Å². The zero-order chi connectivity index (χ0) is 10.8. The van der Waals surface area contributed by atoms with Crippen LogP contribution in [0.15, 0.2) is 18.5 Å². The van der Waals surface area contributed by atoms with Gasteiger partial charge in [-0.3, -0.25) is 0 Å². The Bertz CT molecular complexity index is 474. The minimum Gasteiger partial charge on any atom is -0.373 e. The van der Waals surface area contributed by atoms with Crippen LogP contribution in [0.4, 0.5) is 5.82 Å². The molecule has 0 amide bonds. The molecule has 2 heterocycles. The highest BCUT2D eigenvalue weighted by Crippen LogP contribution is 2.11. The second-order valence-corrected chi connectivity index (χ2v) is 3.35. The summed E-state index contributed by atoms with van der Waals surface area (Å²) < 4.78 is 1.80. The molecule has 0 aromatic carbocycles. The van der Waals surface area contributed by atoms with Crippen LogP contribution < -0.4 is 5.32 Å². The molecule has 0 spiro atoms. The van der Waals surface area contributed by atoms with Crippen molar-refractivity contribution < 1.29 is 0 Å². The normalized spacial score (nSPS) is 10.3. The third-order valence-corrected chi connectivity index (χ3v) is 2.14. The van der Waals surface area contributed by atoms with Gasteiger partial charge in [-0.25, -0.2) is 14.6 Å². The van der Waals surface area contributed by atoms with E-state index in [0.29, 0.717) is 0 Å². The monoisotopic (exact) mass is 203 g/mol. The van der Waals surface area contributed by atoms with E-state index < -0.39 is 0 Å². The molecule has 0 atom stereocenters. The molecule has 0 aliphatic heterocycles. The summed E-state index contributed by atoms with van der Waals surface area (Å²) in [6.45, 7) is 3.96. The predicted molar refractivity (Wildman–Crippen MR) is 58.2 cm³/mol. The number of rotatable bonds is 2. The van der Waals surface area contributed by atoms with Gasteiger partial charge >= 0.3 is 0 Å². The van der Waals surface area contributed by atoms with Crippen molar-refractivity contribution in [2.24, 2.45) is 0 Å². The fourth-order valence-corrected chi connectivity index (χ4v) is 1.46. The van der Waals surface area contributed by atoms with Gasteiger partial charge in [0.05, 0.1) is 5.69 Å². The van der Waals surface area contributed by atoms with Crippen molar-refractivity contribution in [3.8, 4) is 5.82 Å². The summed E-state index contributed by atoms with van der Waals surface area (Å²) in [5, 5.41) is 7.33. The zero-order valence-electron chi connectivity index (χ0n) is 9.02. The van der Waals surface area contributed by atoms with Crippen molar-refractivity contribution in [3.05, 3.63) is 29.8 Å².